The summed E-state index contributed by atoms with van der Waals surface area (Å²) in [6.45, 7) is 0.269. The van der Waals surface area contributed by atoms with Crippen molar-refractivity contribution in [2.45, 2.75) is 23.9 Å². The van der Waals surface area contributed by atoms with Gasteiger partial charge in [0.05, 0.1) is 4.90 Å². The molecule has 0 saturated carbocycles. The maximum absolute atomic E-state index is 12.8. The lowest BCUT2D eigenvalue weighted by Crippen LogP contribution is -2.47. The van der Waals surface area contributed by atoms with E-state index in [0.29, 0.717) is 0 Å². The molecule has 1 amide bonds. The molecular formula is C21H21N3O3S. The predicted octanol–water partition coefficient (Wildman–Crippen LogP) is 2.29. The zero-order valence-corrected chi connectivity index (χ0v) is 16.0. The van der Waals surface area contributed by atoms with Crippen LogP contribution in [0, 0.1) is 0 Å². The Morgan fingerprint density at radius 2 is 1.54 bits per heavy atom. The molecule has 0 aliphatic rings. The SMILES string of the molecule is O=C(NCc1cccnc1)[C@H](Cc1ccccc1)NS(=O)(=O)c1ccccc1. The molecule has 1 atom stereocenters. The summed E-state index contributed by atoms with van der Waals surface area (Å²) in [5.74, 6) is -0.396. The zero-order chi connectivity index (χ0) is 19.8. The number of nitrogens with one attached hydrogen (secondary N) is 2. The standard InChI is InChI=1S/C21H21N3O3S/c25-21(23-16-18-10-7-13-22-15-18)20(14-17-8-3-1-4-9-17)24-28(26,27)19-11-5-2-6-12-19/h1-13,15,20,24H,14,16H2,(H,23,25)/t20-/m0/s1. The van der Waals surface area contributed by atoms with Crippen LogP contribution in [0.1, 0.15) is 11.1 Å². The molecule has 6 nitrogen and oxygen atoms in total. The third kappa shape index (κ3) is 5.48. The molecule has 3 rings (SSSR count). The first-order valence-electron chi connectivity index (χ1n) is 8.82. The molecule has 0 aliphatic carbocycles. The van der Waals surface area contributed by atoms with Gasteiger partial charge in [-0.05, 0) is 35.7 Å². The van der Waals surface area contributed by atoms with E-state index in [2.05, 4.69) is 15.0 Å². The van der Waals surface area contributed by atoms with Crippen LogP contribution in [0.25, 0.3) is 0 Å². The van der Waals surface area contributed by atoms with E-state index >= 15 is 0 Å². The van der Waals surface area contributed by atoms with Crippen LogP contribution in [0.4, 0.5) is 0 Å². The third-order valence-electron chi connectivity index (χ3n) is 4.14. The van der Waals surface area contributed by atoms with E-state index in [4.69, 9.17) is 0 Å². The molecule has 0 fully saturated rings. The van der Waals surface area contributed by atoms with Crippen LogP contribution in [0.5, 0.6) is 0 Å². The number of sulfonamides is 1. The summed E-state index contributed by atoms with van der Waals surface area (Å²) in [6, 6.07) is 20.0. The van der Waals surface area contributed by atoms with Gasteiger partial charge in [-0.25, -0.2) is 8.42 Å². The summed E-state index contributed by atoms with van der Waals surface area (Å²) in [4.78, 5) is 16.9. The Kier molecular flexibility index (Phi) is 6.52. The van der Waals surface area contributed by atoms with E-state index in [1.807, 2.05) is 36.4 Å². The van der Waals surface area contributed by atoms with Crippen molar-refractivity contribution >= 4 is 15.9 Å². The van der Waals surface area contributed by atoms with E-state index in [-0.39, 0.29) is 17.9 Å². The van der Waals surface area contributed by atoms with Gasteiger partial charge >= 0.3 is 0 Å². The van der Waals surface area contributed by atoms with Crippen molar-refractivity contribution in [3.05, 3.63) is 96.3 Å². The fourth-order valence-electron chi connectivity index (χ4n) is 2.71. The molecular weight excluding hydrogens is 374 g/mol. The van der Waals surface area contributed by atoms with E-state index < -0.39 is 22.0 Å². The van der Waals surface area contributed by atoms with Crippen molar-refractivity contribution in [3.8, 4) is 0 Å². The van der Waals surface area contributed by atoms with Crippen molar-refractivity contribution in [2.75, 3.05) is 0 Å². The molecule has 1 heterocycles. The molecule has 0 unspecified atom stereocenters. The van der Waals surface area contributed by atoms with Gasteiger partial charge in [0.25, 0.3) is 0 Å². The highest BCUT2D eigenvalue weighted by atomic mass is 32.2. The fraction of sp³-hybridized carbons (Fsp3) is 0.143. The second-order valence-electron chi connectivity index (χ2n) is 6.26. The Labute approximate surface area is 164 Å². The van der Waals surface area contributed by atoms with Crippen molar-refractivity contribution in [2.24, 2.45) is 0 Å². The topological polar surface area (TPSA) is 88.2 Å². The second-order valence-corrected chi connectivity index (χ2v) is 7.97. The quantitative estimate of drug-likeness (QED) is 0.613. The van der Waals surface area contributed by atoms with Gasteiger partial charge < -0.3 is 5.32 Å². The molecule has 2 N–H and O–H groups in total. The van der Waals surface area contributed by atoms with Crippen molar-refractivity contribution in [3.63, 3.8) is 0 Å². The first-order valence-corrected chi connectivity index (χ1v) is 10.3. The molecule has 0 bridgehead atoms. The monoisotopic (exact) mass is 395 g/mol. The number of carbonyl (C=O) groups is 1. The minimum atomic E-state index is -3.83. The molecule has 3 aromatic rings. The van der Waals surface area contributed by atoms with Gasteiger partial charge in [-0.15, -0.1) is 0 Å². The Bertz CT molecular complexity index is 995. The average Bonchev–Trinajstić information content (AvgIpc) is 2.73. The van der Waals surface area contributed by atoms with E-state index in [1.165, 1.54) is 12.1 Å². The molecule has 0 spiro atoms. The third-order valence-corrected chi connectivity index (χ3v) is 5.63. The van der Waals surface area contributed by atoms with Crippen LogP contribution in [0.2, 0.25) is 0 Å². The van der Waals surface area contributed by atoms with E-state index in [0.717, 1.165) is 11.1 Å². The van der Waals surface area contributed by atoms with Crippen LogP contribution in [0.3, 0.4) is 0 Å². The van der Waals surface area contributed by atoms with Gasteiger partial charge in [0, 0.05) is 18.9 Å². The van der Waals surface area contributed by atoms with Crippen molar-refractivity contribution in [1.29, 1.82) is 0 Å². The Balaban J connectivity index is 1.77. The summed E-state index contributed by atoms with van der Waals surface area (Å²) in [5, 5.41) is 2.79. The Morgan fingerprint density at radius 3 is 2.18 bits per heavy atom. The van der Waals surface area contributed by atoms with Crippen molar-refractivity contribution < 1.29 is 13.2 Å². The highest BCUT2D eigenvalue weighted by Gasteiger charge is 2.25. The number of nitrogens with zero attached hydrogens (tertiary/aromatic N) is 1. The summed E-state index contributed by atoms with van der Waals surface area (Å²) >= 11 is 0. The van der Waals surface area contributed by atoms with E-state index in [1.54, 1.807) is 36.7 Å². The number of carbonyl (C=O) groups excluding carboxylic acids is 1. The number of aromatic nitrogens is 1. The van der Waals surface area contributed by atoms with Gasteiger partial charge in [0.2, 0.25) is 15.9 Å². The van der Waals surface area contributed by atoms with Crippen molar-refractivity contribution in [1.82, 2.24) is 15.0 Å². The number of benzene rings is 2. The first kappa shape index (κ1) is 19.7. The molecule has 0 radical (unpaired) electrons. The van der Waals surface area contributed by atoms with E-state index in [9.17, 15) is 13.2 Å². The van der Waals surface area contributed by atoms with Gasteiger partial charge in [-0.1, -0.05) is 54.6 Å². The molecule has 2 aromatic carbocycles. The molecule has 7 heteroatoms. The Morgan fingerprint density at radius 1 is 0.893 bits per heavy atom. The van der Waals surface area contributed by atoms with Crippen LogP contribution in [-0.4, -0.2) is 25.4 Å². The average molecular weight is 395 g/mol. The van der Waals surface area contributed by atoms with Crippen LogP contribution < -0.4 is 10.0 Å². The van der Waals surface area contributed by atoms with Crippen LogP contribution in [-0.2, 0) is 27.8 Å². The lowest BCUT2D eigenvalue weighted by atomic mass is 10.1. The molecule has 144 valence electrons. The molecule has 1 aromatic heterocycles. The number of hydrogen-bond donors (Lipinski definition) is 2. The highest BCUT2D eigenvalue weighted by Crippen LogP contribution is 2.11. The molecule has 0 aliphatic heterocycles. The van der Waals surface area contributed by atoms with Gasteiger partial charge in [0.15, 0.2) is 0 Å². The zero-order valence-electron chi connectivity index (χ0n) is 15.2. The second kappa shape index (κ2) is 9.25. The minimum absolute atomic E-state index is 0.119. The molecule has 28 heavy (non-hydrogen) atoms. The first-order chi connectivity index (χ1) is 13.5. The summed E-state index contributed by atoms with van der Waals surface area (Å²) in [7, 11) is -3.83. The lowest BCUT2D eigenvalue weighted by molar-refractivity contribution is -0.122. The van der Waals surface area contributed by atoms with Gasteiger partial charge in [-0.2, -0.15) is 4.72 Å². The highest BCUT2D eigenvalue weighted by molar-refractivity contribution is 7.89. The summed E-state index contributed by atoms with van der Waals surface area (Å²) in [6.07, 6.45) is 3.55. The fourth-order valence-corrected chi connectivity index (χ4v) is 3.92. The smallest absolute Gasteiger partial charge is 0.241 e. The predicted molar refractivity (Wildman–Crippen MR) is 107 cm³/mol. The number of pyridine rings is 1. The normalized spacial score (nSPS) is 12.3. The maximum Gasteiger partial charge on any atom is 0.241 e. The minimum Gasteiger partial charge on any atom is -0.351 e. The maximum atomic E-state index is 12.8. The lowest BCUT2D eigenvalue weighted by Gasteiger charge is -2.19. The van der Waals surface area contributed by atoms with Gasteiger partial charge in [0.1, 0.15) is 6.04 Å². The summed E-state index contributed by atoms with van der Waals surface area (Å²) < 4.78 is 28.0. The summed E-state index contributed by atoms with van der Waals surface area (Å²) in [5.41, 5.74) is 1.69. The largest absolute Gasteiger partial charge is 0.351 e. The van der Waals surface area contributed by atoms with Crippen LogP contribution in [0.15, 0.2) is 90.1 Å². The number of rotatable bonds is 8. The number of amides is 1. The molecule has 0 saturated heterocycles. The van der Waals surface area contributed by atoms with Gasteiger partial charge in [-0.3, -0.25) is 9.78 Å². The van der Waals surface area contributed by atoms with Crippen LogP contribution >= 0.6 is 0 Å². The Hall–Kier alpha value is -3.03. The number of hydrogen-bond acceptors (Lipinski definition) is 4.